The Morgan fingerprint density at radius 2 is 1.79 bits per heavy atom. The van der Waals surface area contributed by atoms with E-state index in [0.29, 0.717) is 0 Å². The third-order valence-corrected chi connectivity index (χ3v) is 2.61. The molecule has 0 saturated carbocycles. The molecule has 0 atom stereocenters. The molecule has 1 aliphatic heterocycles. The smallest absolute Gasteiger partial charge is 0.140 e. The van der Waals surface area contributed by atoms with Crippen LogP contribution in [-0.4, -0.2) is 0 Å². The normalized spacial score (nSPS) is 21.4. The van der Waals surface area contributed by atoms with Gasteiger partial charge in [0.05, 0.1) is 11.2 Å². The SMILES string of the molecule is C1=C\C=C\Sc2ccccc2O/C=C/1. The van der Waals surface area contributed by atoms with Crippen molar-refractivity contribution in [2.45, 2.75) is 4.90 Å². The zero-order chi connectivity index (χ0) is 9.64. The second-order valence-corrected chi connectivity index (χ2v) is 3.67. The number of rotatable bonds is 0. The molecule has 0 N–H and O–H groups in total. The number of allylic oxidation sites excluding steroid dienone is 4. The first-order chi connectivity index (χ1) is 6.97. The van der Waals surface area contributed by atoms with Crippen LogP contribution < -0.4 is 4.74 Å². The van der Waals surface area contributed by atoms with E-state index in [2.05, 4.69) is 0 Å². The van der Waals surface area contributed by atoms with Gasteiger partial charge >= 0.3 is 0 Å². The van der Waals surface area contributed by atoms with Crippen molar-refractivity contribution in [2.75, 3.05) is 0 Å². The fourth-order valence-corrected chi connectivity index (χ4v) is 1.79. The van der Waals surface area contributed by atoms with Crippen molar-refractivity contribution < 1.29 is 4.74 Å². The quantitative estimate of drug-likeness (QED) is 0.633. The molecule has 0 bridgehead atoms. The Morgan fingerprint density at radius 3 is 2.79 bits per heavy atom. The van der Waals surface area contributed by atoms with Crippen LogP contribution in [0.3, 0.4) is 0 Å². The van der Waals surface area contributed by atoms with Gasteiger partial charge in [0.25, 0.3) is 0 Å². The molecule has 0 saturated heterocycles. The summed E-state index contributed by atoms with van der Waals surface area (Å²) in [6.45, 7) is 0. The molecule has 2 heteroatoms. The molecule has 0 amide bonds. The molecule has 1 aromatic rings. The van der Waals surface area contributed by atoms with E-state index in [9.17, 15) is 0 Å². The summed E-state index contributed by atoms with van der Waals surface area (Å²) in [5.74, 6) is 0.897. The van der Waals surface area contributed by atoms with E-state index < -0.39 is 0 Å². The zero-order valence-electron chi connectivity index (χ0n) is 7.59. The van der Waals surface area contributed by atoms with Crippen LogP contribution in [0, 0.1) is 0 Å². The van der Waals surface area contributed by atoms with Crippen LogP contribution in [0.25, 0.3) is 0 Å². The predicted molar refractivity (Wildman–Crippen MR) is 60.3 cm³/mol. The average Bonchev–Trinajstić information content (AvgIpc) is 2.25. The van der Waals surface area contributed by atoms with E-state index in [1.165, 1.54) is 0 Å². The molecule has 0 aliphatic carbocycles. The van der Waals surface area contributed by atoms with Gasteiger partial charge in [0.15, 0.2) is 0 Å². The van der Waals surface area contributed by atoms with Crippen molar-refractivity contribution in [1.82, 2.24) is 0 Å². The van der Waals surface area contributed by atoms with Crippen LogP contribution in [-0.2, 0) is 0 Å². The lowest BCUT2D eigenvalue weighted by molar-refractivity contribution is 0.470. The highest BCUT2D eigenvalue weighted by Crippen LogP contribution is 2.30. The van der Waals surface area contributed by atoms with Crippen LogP contribution in [0.5, 0.6) is 5.75 Å². The first-order valence-corrected chi connectivity index (χ1v) is 5.25. The highest BCUT2D eigenvalue weighted by Gasteiger charge is 1.99. The van der Waals surface area contributed by atoms with E-state index in [1.807, 2.05) is 54.0 Å². The van der Waals surface area contributed by atoms with E-state index in [0.717, 1.165) is 10.6 Å². The summed E-state index contributed by atoms with van der Waals surface area (Å²) < 4.78 is 5.48. The molecule has 0 radical (unpaired) electrons. The van der Waals surface area contributed by atoms with Gasteiger partial charge in [0.1, 0.15) is 5.75 Å². The maximum absolute atomic E-state index is 5.48. The van der Waals surface area contributed by atoms with E-state index in [4.69, 9.17) is 4.74 Å². The van der Waals surface area contributed by atoms with Gasteiger partial charge in [-0.3, -0.25) is 0 Å². The molecule has 0 unspecified atom stereocenters. The lowest BCUT2D eigenvalue weighted by Gasteiger charge is -2.05. The van der Waals surface area contributed by atoms with Gasteiger partial charge in [-0.05, 0) is 23.6 Å². The number of para-hydroxylation sites is 1. The van der Waals surface area contributed by atoms with Gasteiger partial charge in [-0.15, -0.1) is 0 Å². The van der Waals surface area contributed by atoms with Crippen molar-refractivity contribution in [3.05, 3.63) is 60.2 Å². The second-order valence-electron chi connectivity index (χ2n) is 2.72. The number of thioether (sulfide) groups is 1. The summed E-state index contributed by atoms with van der Waals surface area (Å²) in [7, 11) is 0. The fraction of sp³-hybridized carbons (Fsp3) is 0. The minimum absolute atomic E-state index is 0.897. The number of benzene rings is 1. The zero-order valence-corrected chi connectivity index (χ0v) is 8.41. The summed E-state index contributed by atoms with van der Waals surface area (Å²) >= 11 is 1.65. The van der Waals surface area contributed by atoms with Crippen LogP contribution in [0.2, 0.25) is 0 Å². The number of fused-ring (bicyclic) bond motifs is 1. The molecule has 0 spiro atoms. The first-order valence-electron chi connectivity index (χ1n) is 4.37. The molecular formula is C12H10OS. The number of hydrogen-bond donors (Lipinski definition) is 0. The predicted octanol–water partition coefficient (Wildman–Crippen LogP) is 3.75. The molecule has 1 aromatic carbocycles. The summed E-state index contributed by atoms with van der Waals surface area (Å²) in [6, 6.07) is 7.99. The van der Waals surface area contributed by atoms with Gasteiger partial charge in [-0.2, -0.15) is 0 Å². The van der Waals surface area contributed by atoms with Gasteiger partial charge in [0.2, 0.25) is 0 Å². The molecule has 1 nitrogen and oxygen atoms in total. The van der Waals surface area contributed by atoms with Gasteiger partial charge < -0.3 is 4.74 Å². The second kappa shape index (κ2) is 4.72. The first kappa shape index (κ1) is 9.16. The van der Waals surface area contributed by atoms with Crippen molar-refractivity contribution in [2.24, 2.45) is 0 Å². The fourth-order valence-electron chi connectivity index (χ4n) is 1.09. The summed E-state index contributed by atoms with van der Waals surface area (Å²) in [4.78, 5) is 1.13. The molecular weight excluding hydrogens is 192 g/mol. The Balaban J connectivity index is 2.32. The number of ether oxygens (including phenoxy) is 1. The molecule has 2 rings (SSSR count). The molecule has 0 aromatic heterocycles. The number of hydrogen-bond acceptors (Lipinski definition) is 2. The van der Waals surface area contributed by atoms with E-state index in [-0.39, 0.29) is 0 Å². The van der Waals surface area contributed by atoms with Gasteiger partial charge in [0, 0.05) is 0 Å². The van der Waals surface area contributed by atoms with E-state index in [1.54, 1.807) is 18.0 Å². The van der Waals surface area contributed by atoms with Crippen molar-refractivity contribution in [1.29, 1.82) is 0 Å². The van der Waals surface area contributed by atoms with Crippen molar-refractivity contribution in [3.8, 4) is 5.75 Å². The van der Waals surface area contributed by atoms with E-state index >= 15 is 0 Å². The van der Waals surface area contributed by atoms with Crippen molar-refractivity contribution >= 4 is 11.8 Å². The third kappa shape index (κ3) is 2.30. The minimum atomic E-state index is 0.897. The summed E-state index contributed by atoms with van der Waals surface area (Å²) in [5, 5.41) is 2.04. The van der Waals surface area contributed by atoms with Crippen LogP contribution >= 0.6 is 11.8 Å². The minimum Gasteiger partial charge on any atom is -0.464 e. The molecule has 1 heterocycles. The summed E-state index contributed by atoms with van der Waals surface area (Å²) in [6.07, 6.45) is 9.48. The van der Waals surface area contributed by atoms with Crippen LogP contribution in [0.1, 0.15) is 0 Å². The Labute approximate surface area is 87.8 Å². The van der Waals surface area contributed by atoms with Gasteiger partial charge in [-0.25, -0.2) is 0 Å². The molecule has 14 heavy (non-hydrogen) atoms. The van der Waals surface area contributed by atoms with Crippen molar-refractivity contribution in [3.63, 3.8) is 0 Å². The average molecular weight is 202 g/mol. The Morgan fingerprint density at radius 1 is 0.929 bits per heavy atom. The van der Waals surface area contributed by atoms with Crippen LogP contribution in [0.15, 0.2) is 65.1 Å². The molecule has 0 fully saturated rings. The molecule has 1 aliphatic rings. The third-order valence-electron chi connectivity index (χ3n) is 1.73. The Hall–Kier alpha value is -1.41. The van der Waals surface area contributed by atoms with Crippen LogP contribution in [0.4, 0.5) is 0 Å². The highest BCUT2D eigenvalue weighted by molar-refractivity contribution is 8.02. The topological polar surface area (TPSA) is 9.23 Å². The lowest BCUT2D eigenvalue weighted by atomic mass is 10.3. The highest BCUT2D eigenvalue weighted by atomic mass is 32.2. The summed E-state index contributed by atoms with van der Waals surface area (Å²) in [5.41, 5.74) is 0. The molecule has 70 valence electrons. The Bertz CT molecular complexity index is 354. The largest absolute Gasteiger partial charge is 0.464 e. The maximum Gasteiger partial charge on any atom is 0.140 e. The monoisotopic (exact) mass is 202 g/mol. The maximum atomic E-state index is 5.48. The Kier molecular flexibility index (Phi) is 3.09. The standard InChI is InChI=1S/C12H10OS/c1-2-6-10-14-12-8-4-3-7-11(12)13-9-5-1/h1-10H/b2-1-,9-5+,10-6+. The van der Waals surface area contributed by atoms with Gasteiger partial charge in [-0.1, -0.05) is 42.1 Å². The lowest BCUT2D eigenvalue weighted by Crippen LogP contribution is -1.84.